The zero-order valence-corrected chi connectivity index (χ0v) is 8.97. The third kappa shape index (κ3) is 3.52. The number of aliphatic hydroxyl groups excluding tert-OH is 2. The minimum absolute atomic E-state index is 0.174. The minimum Gasteiger partial charge on any atom is -0.390 e. The van der Waals surface area contributed by atoms with Crippen LogP contribution >= 0.6 is 0 Å². The van der Waals surface area contributed by atoms with Crippen molar-refractivity contribution in [1.82, 2.24) is 15.5 Å². The molecule has 0 radical (unpaired) electrons. The molecule has 0 bridgehead atoms. The van der Waals surface area contributed by atoms with Gasteiger partial charge in [-0.15, -0.1) is 0 Å². The highest BCUT2D eigenvalue weighted by molar-refractivity contribution is 5.72. The molecule has 7 heteroatoms. The molecule has 2 unspecified atom stereocenters. The Morgan fingerprint density at radius 3 is 2.88 bits per heavy atom. The molecule has 0 aliphatic carbocycles. The lowest BCUT2D eigenvalue weighted by molar-refractivity contribution is -0.119. The van der Waals surface area contributed by atoms with Crippen LogP contribution in [0.3, 0.4) is 0 Å². The molecule has 1 aromatic heterocycles. The largest absolute Gasteiger partial charge is 0.390 e. The quantitative estimate of drug-likeness (QED) is 0.438. The summed E-state index contributed by atoms with van der Waals surface area (Å²) in [6.45, 7) is 1.69. The van der Waals surface area contributed by atoms with E-state index >= 15 is 0 Å². The highest BCUT2D eigenvalue weighted by Gasteiger charge is 2.19. The van der Waals surface area contributed by atoms with Crippen molar-refractivity contribution < 1.29 is 15.0 Å². The first-order valence-corrected chi connectivity index (χ1v) is 4.92. The normalized spacial score (nSPS) is 14.4. The number of hydrogen-bond donors (Lipinski definition) is 5. The fraction of sp³-hybridized carbons (Fsp3) is 0.556. The molecule has 2 atom stereocenters. The van der Waals surface area contributed by atoms with Gasteiger partial charge in [-0.2, -0.15) is 5.10 Å². The van der Waals surface area contributed by atoms with Gasteiger partial charge in [-0.05, 0) is 6.42 Å². The Hall–Kier alpha value is -1.60. The van der Waals surface area contributed by atoms with E-state index < -0.39 is 12.2 Å². The highest BCUT2D eigenvalue weighted by atomic mass is 16.3. The molecule has 1 amide bonds. The summed E-state index contributed by atoms with van der Waals surface area (Å²) < 4.78 is 0. The van der Waals surface area contributed by atoms with Gasteiger partial charge in [0.25, 0.3) is 0 Å². The fourth-order valence-corrected chi connectivity index (χ4v) is 1.27. The molecule has 1 aromatic rings. The second-order valence-corrected chi connectivity index (χ2v) is 3.53. The summed E-state index contributed by atoms with van der Waals surface area (Å²) in [6, 6.07) is 1.45. The molecule has 0 aliphatic rings. The zero-order valence-electron chi connectivity index (χ0n) is 8.97. The second-order valence-electron chi connectivity index (χ2n) is 3.53. The van der Waals surface area contributed by atoms with Gasteiger partial charge in [0.1, 0.15) is 11.9 Å². The molecular formula is C9H16N4O3. The zero-order chi connectivity index (χ0) is 12.1. The van der Waals surface area contributed by atoms with Crippen LogP contribution in [-0.2, 0) is 4.79 Å². The van der Waals surface area contributed by atoms with Crippen LogP contribution < -0.4 is 11.1 Å². The van der Waals surface area contributed by atoms with Crippen molar-refractivity contribution in [2.45, 2.75) is 25.6 Å². The Labute approximate surface area is 92.7 Å². The minimum atomic E-state index is -1.08. The first-order chi connectivity index (χ1) is 7.50. The smallest absolute Gasteiger partial charge is 0.216 e. The lowest BCUT2D eigenvalue weighted by atomic mass is 10.1. The average Bonchev–Trinajstić information content (AvgIpc) is 2.63. The Morgan fingerprint density at radius 2 is 2.38 bits per heavy atom. The van der Waals surface area contributed by atoms with E-state index in [0.29, 0.717) is 12.2 Å². The summed E-state index contributed by atoms with van der Waals surface area (Å²) in [5, 5.41) is 28.0. The van der Waals surface area contributed by atoms with E-state index in [1.807, 2.05) is 0 Å². The molecule has 1 rings (SSSR count). The number of nitrogens with two attached hydrogens (primary N) is 1. The van der Waals surface area contributed by atoms with E-state index in [-0.39, 0.29) is 18.1 Å². The molecule has 0 fully saturated rings. The van der Waals surface area contributed by atoms with Crippen LogP contribution in [0.4, 0.5) is 5.82 Å². The van der Waals surface area contributed by atoms with Crippen LogP contribution in [0.25, 0.3) is 0 Å². The van der Waals surface area contributed by atoms with E-state index in [0.717, 1.165) is 0 Å². The fourth-order valence-electron chi connectivity index (χ4n) is 1.27. The Kier molecular flexibility index (Phi) is 4.27. The van der Waals surface area contributed by atoms with Crippen LogP contribution in [0.1, 0.15) is 25.1 Å². The van der Waals surface area contributed by atoms with Crippen molar-refractivity contribution in [3.8, 4) is 0 Å². The van der Waals surface area contributed by atoms with Gasteiger partial charge in [0.15, 0.2) is 0 Å². The van der Waals surface area contributed by atoms with Crippen LogP contribution in [0, 0.1) is 0 Å². The maximum Gasteiger partial charge on any atom is 0.216 e. The predicted octanol–water partition coefficient (Wildman–Crippen LogP) is -1.09. The summed E-state index contributed by atoms with van der Waals surface area (Å²) in [6.07, 6.45) is -1.81. The number of nitrogens with one attached hydrogen (secondary N) is 2. The van der Waals surface area contributed by atoms with Gasteiger partial charge in [0.2, 0.25) is 5.91 Å². The molecule has 90 valence electrons. The van der Waals surface area contributed by atoms with E-state index in [9.17, 15) is 15.0 Å². The molecule has 16 heavy (non-hydrogen) atoms. The number of aromatic amines is 1. The average molecular weight is 228 g/mol. The van der Waals surface area contributed by atoms with Gasteiger partial charge in [-0.3, -0.25) is 9.89 Å². The first kappa shape index (κ1) is 12.5. The van der Waals surface area contributed by atoms with Crippen molar-refractivity contribution in [3.05, 3.63) is 11.8 Å². The van der Waals surface area contributed by atoms with Gasteiger partial charge in [0, 0.05) is 19.5 Å². The monoisotopic (exact) mass is 228 g/mol. The Morgan fingerprint density at radius 1 is 1.69 bits per heavy atom. The number of nitrogen functional groups attached to an aromatic ring is 1. The standard InChI is InChI=1S/C9H16N4O3/c1-5(14)11-3-2-7(15)9(16)6-4-8(10)13-12-6/h4,7,9,15-16H,2-3H2,1H3,(H,11,14)(H3,10,12,13). The Balaban J connectivity index is 2.41. The van der Waals surface area contributed by atoms with E-state index in [1.54, 1.807) is 0 Å². The third-order valence-electron chi connectivity index (χ3n) is 2.11. The summed E-state index contributed by atoms with van der Waals surface area (Å²) >= 11 is 0. The van der Waals surface area contributed by atoms with Gasteiger partial charge in [-0.1, -0.05) is 0 Å². The van der Waals surface area contributed by atoms with E-state index in [4.69, 9.17) is 5.73 Å². The van der Waals surface area contributed by atoms with Crippen LogP contribution in [0.2, 0.25) is 0 Å². The van der Waals surface area contributed by atoms with Crippen molar-refractivity contribution >= 4 is 11.7 Å². The molecule has 0 aliphatic heterocycles. The molecule has 6 N–H and O–H groups in total. The molecule has 0 saturated heterocycles. The van der Waals surface area contributed by atoms with E-state index in [1.165, 1.54) is 13.0 Å². The van der Waals surface area contributed by atoms with Crippen LogP contribution in [0.5, 0.6) is 0 Å². The number of nitrogens with zero attached hydrogens (tertiary/aromatic N) is 1. The lowest BCUT2D eigenvalue weighted by Crippen LogP contribution is -2.27. The third-order valence-corrected chi connectivity index (χ3v) is 2.11. The topological polar surface area (TPSA) is 124 Å². The number of hydrogen-bond acceptors (Lipinski definition) is 5. The SMILES string of the molecule is CC(=O)NCCC(O)C(O)c1cc(N)n[nH]1. The summed E-state index contributed by atoms with van der Waals surface area (Å²) in [5.41, 5.74) is 5.72. The van der Waals surface area contributed by atoms with Crippen molar-refractivity contribution in [2.24, 2.45) is 0 Å². The van der Waals surface area contributed by atoms with Gasteiger partial charge in [0.05, 0.1) is 11.8 Å². The first-order valence-electron chi connectivity index (χ1n) is 4.92. The number of aliphatic hydroxyl groups is 2. The maximum atomic E-state index is 10.6. The summed E-state index contributed by atoms with van der Waals surface area (Å²) in [4.78, 5) is 10.6. The van der Waals surface area contributed by atoms with Crippen molar-refractivity contribution in [1.29, 1.82) is 0 Å². The number of aromatic nitrogens is 2. The number of amides is 1. The molecule has 7 nitrogen and oxygen atoms in total. The van der Waals surface area contributed by atoms with Crippen LogP contribution in [-0.4, -0.2) is 39.0 Å². The second kappa shape index (κ2) is 5.47. The molecule has 0 aromatic carbocycles. The van der Waals surface area contributed by atoms with E-state index in [2.05, 4.69) is 15.5 Å². The van der Waals surface area contributed by atoms with Crippen LogP contribution in [0.15, 0.2) is 6.07 Å². The highest BCUT2D eigenvalue weighted by Crippen LogP contribution is 2.17. The Bertz CT molecular complexity index is 352. The molecule has 0 saturated carbocycles. The number of anilines is 1. The van der Waals surface area contributed by atoms with Gasteiger partial charge in [-0.25, -0.2) is 0 Å². The number of rotatable bonds is 5. The molecule has 1 heterocycles. The van der Waals surface area contributed by atoms with Gasteiger partial charge < -0.3 is 21.3 Å². The molecular weight excluding hydrogens is 212 g/mol. The van der Waals surface area contributed by atoms with Crippen molar-refractivity contribution in [3.63, 3.8) is 0 Å². The van der Waals surface area contributed by atoms with Crippen molar-refractivity contribution in [2.75, 3.05) is 12.3 Å². The number of carbonyl (C=O) groups excluding carboxylic acids is 1. The predicted molar refractivity (Wildman–Crippen MR) is 57.3 cm³/mol. The maximum absolute atomic E-state index is 10.6. The van der Waals surface area contributed by atoms with Gasteiger partial charge >= 0.3 is 0 Å². The summed E-state index contributed by atoms with van der Waals surface area (Å²) in [5.74, 6) is 0.0792. The lowest BCUT2D eigenvalue weighted by Gasteiger charge is -2.16. The number of carbonyl (C=O) groups is 1. The summed E-state index contributed by atoms with van der Waals surface area (Å²) in [7, 11) is 0. The molecule has 0 spiro atoms. The number of H-pyrrole nitrogens is 1.